The number of amides is 1. The number of fused-ring (bicyclic) bond motifs is 2. The first-order chi connectivity index (χ1) is 16.2. The number of ether oxygens (including phenoxy) is 1. The lowest BCUT2D eigenvalue weighted by atomic mass is 10.1. The maximum absolute atomic E-state index is 12.5. The second-order valence-electron chi connectivity index (χ2n) is 8.64. The number of nitrogens with one attached hydrogen (secondary N) is 1. The molecule has 0 saturated carbocycles. The summed E-state index contributed by atoms with van der Waals surface area (Å²) in [5.74, 6) is 1.26. The highest BCUT2D eigenvalue weighted by molar-refractivity contribution is 7.90. The molecule has 178 valence electrons. The van der Waals surface area contributed by atoms with Crippen LogP contribution in [-0.2, 0) is 32.6 Å². The standard InChI is InChI=1S/C23H23ClN4O4S2/c1-13(2)25-21(29)10-32-15-4-3-14-7-8-28(18(14)9-15)23-16-11-34(30,31)12-17(16)26-22(27-23)19-5-6-20(24)33-19/h3-6,9,13H,7-8,10-12H2,1-2H3,(H,25,29). The van der Waals surface area contributed by atoms with Crippen LogP contribution in [0.25, 0.3) is 10.7 Å². The number of anilines is 2. The molecule has 4 heterocycles. The molecule has 0 fully saturated rings. The van der Waals surface area contributed by atoms with E-state index in [1.165, 1.54) is 11.3 Å². The van der Waals surface area contributed by atoms with Crippen LogP contribution in [0.5, 0.6) is 5.75 Å². The summed E-state index contributed by atoms with van der Waals surface area (Å²) in [6.45, 7) is 4.36. The highest BCUT2D eigenvalue weighted by atomic mass is 35.5. The van der Waals surface area contributed by atoms with Gasteiger partial charge in [-0.1, -0.05) is 17.7 Å². The van der Waals surface area contributed by atoms with Crippen molar-refractivity contribution in [3.05, 3.63) is 51.5 Å². The van der Waals surface area contributed by atoms with E-state index in [4.69, 9.17) is 21.3 Å². The lowest BCUT2D eigenvalue weighted by Crippen LogP contribution is -2.34. The number of sulfone groups is 1. The first-order valence-corrected chi connectivity index (χ1v) is 13.9. The van der Waals surface area contributed by atoms with Crippen molar-refractivity contribution in [3.8, 4) is 16.5 Å². The van der Waals surface area contributed by atoms with Crippen LogP contribution in [-0.4, -0.2) is 43.5 Å². The van der Waals surface area contributed by atoms with E-state index in [0.717, 1.165) is 22.5 Å². The molecule has 1 amide bonds. The zero-order valence-corrected chi connectivity index (χ0v) is 21.1. The highest BCUT2D eigenvalue weighted by Gasteiger charge is 2.34. The number of nitrogens with zero attached hydrogens (tertiary/aromatic N) is 3. The quantitative estimate of drug-likeness (QED) is 0.528. The molecule has 1 aromatic carbocycles. The van der Waals surface area contributed by atoms with Gasteiger partial charge in [0.1, 0.15) is 11.6 Å². The van der Waals surface area contributed by atoms with Crippen LogP contribution in [0.4, 0.5) is 11.5 Å². The van der Waals surface area contributed by atoms with Crippen molar-refractivity contribution >= 4 is 50.2 Å². The van der Waals surface area contributed by atoms with Crippen LogP contribution < -0.4 is 15.0 Å². The van der Waals surface area contributed by atoms with E-state index in [9.17, 15) is 13.2 Å². The Morgan fingerprint density at radius 3 is 2.79 bits per heavy atom. The van der Waals surface area contributed by atoms with Crippen LogP contribution in [0.1, 0.15) is 30.7 Å². The lowest BCUT2D eigenvalue weighted by molar-refractivity contribution is -0.123. The summed E-state index contributed by atoms with van der Waals surface area (Å²) in [4.78, 5) is 24.2. The summed E-state index contributed by atoms with van der Waals surface area (Å²) in [6, 6.07) is 9.36. The zero-order chi connectivity index (χ0) is 24.0. The largest absolute Gasteiger partial charge is 0.484 e. The van der Waals surface area contributed by atoms with Gasteiger partial charge in [0.25, 0.3) is 5.91 Å². The summed E-state index contributed by atoms with van der Waals surface area (Å²) in [5.41, 5.74) is 3.17. The smallest absolute Gasteiger partial charge is 0.258 e. The van der Waals surface area contributed by atoms with Gasteiger partial charge in [-0.15, -0.1) is 11.3 Å². The van der Waals surface area contributed by atoms with Gasteiger partial charge < -0.3 is 15.0 Å². The van der Waals surface area contributed by atoms with Gasteiger partial charge in [-0.3, -0.25) is 4.79 Å². The summed E-state index contributed by atoms with van der Waals surface area (Å²) in [6.07, 6.45) is 0.787. The van der Waals surface area contributed by atoms with Crippen molar-refractivity contribution in [1.82, 2.24) is 15.3 Å². The van der Waals surface area contributed by atoms with Gasteiger partial charge in [0.2, 0.25) is 0 Å². The number of carbonyl (C=O) groups is 1. The van der Waals surface area contributed by atoms with Gasteiger partial charge >= 0.3 is 0 Å². The van der Waals surface area contributed by atoms with E-state index < -0.39 is 9.84 Å². The third kappa shape index (κ3) is 4.62. The van der Waals surface area contributed by atoms with E-state index in [1.807, 2.05) is 43.0 Å². The fraction of sp³-hybridized carbons (Fsp3) is 0.348. The van der Waals surface area contributed by atoms with Crippen molar-refractivity contribution in [2.24, 2.45) is 0 Å². The molecule has 0 saturated heterocycles. The minimum absolute atomic E-state index is 0.0372. The minimum atomic E-state index is -3.29. The van der Waals surface area contributed by atoms with Crippen molar-refractivity contribution in [3.63, 3.8) is 0 Å². The van der Waals surface area contributed by atoms with Crippen LogP contribution in [0.2, 0.25) is 4.34 Å². The summed E-state index contributed by atoms with van der Waals surface area (Å²) < 4.78 is 31.3. The van der Waals surface area contributed by atoms with Crippen LogP contribution in [0, 0.1) is 0 Å². The molecule has 11 heteroatoms. The molecule has 0 spiro atoms. The molecular weight excluding hydrogens is 496 g/mol. The van der Waals surface area contributed by atoms with Crippen LogP contribution >= 0.6 is 22.9 Å². The average molecular weight is 519 g/mol. The van der Waals surface area contributed by atoms with Gasteiger partial charge in [0.15, 0.2) is 22.3 Å². The third-order valence-electron chi connectivity index (χ3n) is 5.61. The average Bonchev–Trinajstić information content (AvgIpc) is 3.46. The van der Waals surface area contributed by atoms with E-state index in [2.05, 4.69) is 10.3 Å². The lowest BCUT2D eigenvalue weighted by Gasteiger charge is -2.22. The molecule has 2 aliphatic rings. The fourth-order valence-electron chi connectivity index (χ4n) is 4.21. The zero-order valence-electron chi connectivity index (χ0n) is 18.7. The fourth-order valence-corrected chi connectivity index (χ4v) is 6.68. The summed E-state index contributed by atoms with van der Waals surface area (Å²) in [7, 11) is -3.29. The van der Waals surface area contributed by atoms with Crippen molar-refractivity contribution in [2.45, 2.75) is 37.8 Å². The Hall–Kier alpha value is -2.69. The Labute approximate surface area is 206 Å². The maximum atomic E-state index is 12.5. The molecule has 5 rings (SSSR count). The number of hydrogen-bond acceptors (Lipinski definition) is 8. The Morgan fingerprint density at radius 1 is 1.24 bits per heavy atom. The van der Waals surface area contributed by atoms with Crippen LogP contribution in [0.15, 0.2) is 30.3 Å². The topological polar surface area (TPSA) is 101 Å². The molecule has 0 atom stereocenters. The number of halogens is 1. The third-order valence-corrected chi connectivity index (χ3v) is 8.28. The number of rotatable bonds is 6. The van der Waals surface area contributed by atoms with E-state index in [-0.39, 0.29) is 30.1 Å². The van der Waals surface area contributed by atoms with Gasteiger partial charge in [-0.25, -0.2) is 18.4 Å². The van der Waals surface area contributed by atoms with E-state index >= 15 is 0 Å². The summed E-state index contributed by atoms with van der Waals surface area (Å²) in [5, 5.41) is 2.80. The van der Waals surface area contributed by atoms with Gasteiger partial charge in [0, 0.05) is 29.9 Å². The molecule has 8 nitrogen and oxygen atoms in total. The minimum Gasteiger partial charge on any atom is -0.484 e. The molecule has 2 aliphatic heterocycles. The van der Waals surface area contributed by atoms with E-state index in [1.54, 1.807) is 6.07 Å². The van der Waals surface area contributed by atoms with Gasteiger partial charge in [-0.05, 0) is 44.0 Å². The Kier molecular flexibility index (Phi) is 5.99. The predicted octanol–water partition coefficient (Wildman–Crippen LogP) is 3.88. The molecular formula is C23H23ClN4O4S2. The molecule has 34 heavy (non-hydrogen) atoms. The van der Waals surface area contributed by atoms with E-state index in [0.29, 0.717) is 39.5 Å². The number of hydrogen-bond donors (Lipinski definition) is 1. The normalized spacial score (nSPS) is 15.9. The number of aromatic nitrogens is 2. The molecule has 0 bridgehead atoms. The second-order valence-corrected chi connectivity index (χ2v) is 12.4. The van der Waals surface area contributed by atoms with Crippen LogP contribution in [0.3, 0.4) is 0 Å². The monoisotopic (exact) mass is 518 g/mol. The van der Waals surface area contributed by atoms with Gasteiger partial charge in [0.05, 0.1) is 26.4 Å². The number of benzene rings is 1. The summed E-state index contributed by atoms with van der Waals surface area (Å²) >= 11 is 7.47. The maximum Gasteiger partial charge on any atom is 0.258 e. The van der Waals surface area contributed by atoms with Crippen molar-refractivity contribution < 1.29 is 17.9 Å². The Balaban J connectivity index is 1.51. The SMILES string of the molecule is CC(C)NC(=O)COc1ccc2c(c1)N(c1nc(-c3ccc(Cl)s3)nc3c1CS(=O)(=O)C3)CC2. The molecule has 1 N–H and O–H groups in total. The molecule has 0 radical (unpaired) electrons. The highest BCUT2D eigenvalue weighted by Crippen LogP contribution is 2.42. The van der Waals surface area contributed by atoms with Gasteiger partial charge in [-0.2, -0.15) is 0 Å². The second kappa shape index (κ2) is 8.83. The first kappa shape index (κ1) is 23.1. The number of thiophene rings is 1. The predicted molar refractivity (Wildman–Crippen MR) is 133 cm³/mol. The molecule has 0 unspecified atom stereocenters. The molecule has 0 aliphatic carbocycles. The molecule has 2 aromatic heterocycles. The first-order valence-electron chi connectivity index (χ1n) is 10.9. The van der Waals surface area contributed by atoms with Crippen molar-refractivity contribution in [2.75, 3.05) is 18.1 Å². The molecule has 3 aromatic rings. The number of carbonyl (C=O) groups excluding carboxylic acids is 1. The van der Waals surface area contributed by atoms with Crippen molar-refractivity contribution in [1.29, 1.82) is 0 Å². The Morgan fingerprint density at radius 2 is 2.06 bits per heavy atom. The Bertz CT molecular complexity index is 1390.